The molecule has 3 aliphatic rings. The first kappa shape index (κ1) is 22.0. The maximum absolute atomic E-state index is 10.5. The zero-order valence-corrected chi connectivity index (χ0v) is 17.8. The molecule has 0 spiro atoms. The van der Waals surface area contributed by atoms with Gasteiger partial charge in [0, 0.05) is 19.0 Å². The van der Waals surface area contributed by atoms with Gasteiger partial charge in [0.25, 0.3) is 0 Å². The molecule has 0 unspecified atom stereocenters. The number of rotatable bonds is 11. The van der Waals surface area contributed by atoms with E-state index in [4.69, 9.17) is 4.74 Å². The van der Waals surface area contributed by atoms with Crippen LogP contribution >= 0.6 is 0 Å². The average Bonchev–Trinajstić information content (AvgIpc) is 3.21. The number of hydrogen-bond donors (Lipinski definition) is 2. The maximum Gasteiger partial charge on any atom is 0.0721 e. The van der Waals surface area contributed by atoms with Crippen LogP contribution in [0.2, 0.25) is 0 Å². The summed E-state index contributed by atoms with van der Waals surface area (Å²) < 4.78 is 5.41. The Morgan fingerprint density at radius 1 is 1.21 bits per heavy atom. The SMILES string of the molecule is CCCCC[C@H](O)/C=C/[C@@H]1[C@H]2CC(CCCCN3CCOCC3)=C[C@H]2C[C@H]1O. The number of hydrogen-bond acceptors (Lipinski definition) is 4. The molecule has 3 rings (SSSR count). The quantitative estimate of drug-likeness (QED) is 0.414. The second-order valence-electron chi connectivity index (χ2n) is 9.10. The van der Waals surface area contributed by atoms with Crippen molar-refractivity contribution in [3.63, 3.8) is 0 Å². The van der Waals surface area contributed by atoms with E-state index >= 15 is 0 Å². The lowest BCUT2D eigenvalue weighted by Gasteiger charge is -2.26. The number of aliphatic hydroxyl groups excluding tert-OH is 2. The van der Waals surface area contributed by atoms with Crippen LogP contribution in [0, 0.1) is 17.8 Å². The third kappa shape index (κ3) is 6.41. The molecule has 0 aromatic carbocycles. The van der Waals surface area contributed by atoms with Crippen molar-refractivity contribution in [2.24, 2.45) is 17.8 Å². The predicted octanol–water partition coefficient (Wildman–Crippen LogP) is 3.93. The van der Waals surface area contributed by atoms with Crippen molar-refractivity contribution in [3.8, 4) is 0 Å². The molecular weight excluding hydrogens is 350 g/mol. The van der Waals surface area contributed by atoms with Crippen LogP contribution < -0.4 is 0 Å². The van der Waals surface area contributed by atoms with Gasteiger partial charge in [0.05, 0.1) is 25.4 Å². The lowest BCUT2D eigenvalue weighted by atomic mass is 9.88. The third-order valence-electron chi connectivity index (χ3n) is 6.93. The van der Waals surface area contributed by atoms with E-state index in [1.165, 1.54) is 38.6 Å². The Kier molecular flexibility index (Phi) is 9.04. The molecule has 2 fully saturated rings. The topological polar surface area (TPSA) is 52.9 Å². The Morgan fingerprint density at radius 2 is 2.04 bits per heavy atom. The Labute approximate surface area is 171 Å². The summed E-state index contributed by atoms with van der Waals surface area (Å²) in [7, 11) is 0. The minimum Gasteiger partial charge on any atom is -0.392 e. The number of ether oxygens (including phenoxy) is 1. The van der Waals surface area contributed by atoms with Gasteiger partial charge in [0.15, 0.2) is 0 Å². The van der Waals surface area contributed by atoms with Crippen LogP contribution in [0.3, 0.4) is 0 Å². The van der Waals surface area contributed by atoms with Gasteiger partial charge < -0.3 is 14.9 Å². The number of nitrogens with zero attached hydrogens (tertiary/aromatic N) is 1. The minimum atomic E-state index is -0.355. The number of unbranched alkanes of at least 4 members (excludes halogenated alkanes) is 3. The second-order valence-corrected chi connectivity index (χ2v) is 9.10. The van der Waals surface area contributed by atoms with E-state index < -0.39 is 0 Å². The van der Waals surface area contributed by atoms with Crippen LogP contribution in [0.5, 0.6) is 0 Å². The maximum atomic E-state index is 10.5. The van der Waals surface area contributed by atoms with Crippen LogP contribution in [0.1, 0.15) is 64.7 Å². The van der Waals surface area contributed by atoms with Crippen molar-refractivity contribution < 1.29 is 14.9 Å². The molecule has 28 heavy (non-hydrogen) atoms. The van der Waals surface area contributed by atoms with Crippen LogP contribution in [-0.2, 0) is 4.74 Å². The summed E-state index contributed by atoms with van der Waals surface area (Å²) in [6.07, 6.45) is 16.0. The molecule has 2 aliphatic carbocycles. The van der Waals surface area contributed by atoms with Crippen LogP contribution in [0.25, 0.3) is 0 Å². The van der Waals surface area contributed by atoms with Gasteiger partial charge in [0.2, 0.25) is 0 Å². The fourth-order valence-electron chi connectivity index (χ4n) is 5.26. The van der Waals surface area contributed by atoms with Crippen LogP contribution in [0.4, 0.5) is 0 Å². The van der Waals surface area contributed by atoms with Gasteiger partial charge in [-0.15, -0.1) is 0 Å². The second kappa shape index (κ2) is 11.5. The fraction of sp³-hybridized carbons (Fsp3) is 0.833. The van der Waals surface area contributed by atoms with Crippen LogP contribution in [-0.4, -0.2) is 60.2 Å². The largest absolute Gasteiger partial charge is 0.392 e. The van der Waals surface area contributed by atoms with E-state index in [1.807, 2.05) is 6.08 Å². The van der Waals surface area contributed by atoms with Crippen LogP contribution in [0.15, 0.2) is 23.8 Å². The average molecular weight is 392 g/mol. The molecule has 1 saturated heterocycles. The van der Waals surface area contributed by atoms with E-state index in [2.05, 4.69) is 24.0 Å². The summed E-state index contributed by atoms with van der Waals surface area (Å²) in [5, 5.41) is 20.7. The van der Waals surface area contributed by atoms with Gasteiger partial charge in [0.1, 0.15) is 0 Å². The van der Waals surface area contributed by atoms with Gasteiger partial charge in [-0.2, -0.15) is 0 Å². The monoisotopic (exact) mass is 391 g/mol. The predicted molar refractivity (Wildman–Crippen MR) is 114 cm³/mol. The lowest BCUT2D eigenvalue weighted by Crippen LogP contribution is -2.36. The Bertz CT molecular complexity index is 512. The summed E-state index contributed by atoms with van der Waals surface area (Å²) in [6, 6.07) is 0. The van der Waals surface area contributed by atoms with Crippen molar-refractivity contribution in [3.05, 3.63) is 23.8 Å². The van der Waals surface area contributed by atoms with E-state index in [0.717, 1.165) is 52.0 Å². The zero-order chi connectivity index (χ0) is 19.8. The Balaban J connectivity index is 1.38. The highest BCUT2D eigenvalue weighted by molar-refractivity contribution is 5.21. The van der Waals surface area contributed by atoms with E-state index in [0.29, 0.717) is 11.8 Å². The number of aliphatic hydroxyl groups is 2. The standard InChI is InChI=1S/C24H41NO3/c1-2-3-4-8-21(26)9-10-22-23-17-19(16-20(23)18-24(22)27)7-5-6-11-25-12-14-28-15-13-25/h9-10,16,20-24,26-27H,2-8,11-15,17-18H2,1H3/b10-9+/t20-,21-,22+,23-,24+/m0/s1. The van der Waals surface area contributed by atoms with Crippen molar-refractivity contribution in [1.82, 2.24) is 4.90 Å². The van der Waals surface area contributed by atoms with Crippen molar-refractivity contribution in [2.45, 2.75) is 76.9 Å². The highest BCUT2D eigenvalue weighted by Crippen LogP contribution is 2.48. The molecule has 0 amide bonds. The van der Waals surface area contributed by atoms with E-state index in [9.17, 15) is 10.2 Å². The van der Waals surface area contributed by atoms with Gasteiger partial charge >= 0.3 is 0 Å². The van der Waals surface area contributed by atoms with Gasteiger partial charge in [-0.05, 0) is 56.9 Å². The molecule has 2 N–H and O–H groups in total. The number of allylic oxidation sites excluding steroid dienone is 2. The van der Waals surface area contributed by atoms with Crippen molar-refractivity contribution in [1.29, 1.82) is 0 Å². The molecule has 1 aliphatic heterocycles. The first-order chi connectivity index (χ1) is 13.7. The minimum absolute atomic E-state index is 0.216. The fourth-order valence-corrected chi connectivity index (χ4v) is 5.26. The Morgan fingerprint density at radius 3 is 2.82 bits per heavy atom. The molecule has 0 radical (unpaired) electrons. The van der Waals surface area contributed by atoms with Crippen molar-refractivity contribution in [2.75, 3.05) is 32.8 Å². The summed E-state index contributed by atoms with van der Waals surface area (Å²) in [6.45, 7) is 7.33. The first-order valence-electron chi connectivity index (χ1n) is 11.7. The highest BCUT2D eigenvalue weighted by Gasteiger charge is 2.43. The molecule has 4 heteroatoms. The van der Waals surface area contributed by atoms with E-state index in [-0.39, 0.29) is 18.1 Å². The van der Waals surface area contributed by atoms with Crippen molar-refractivity contribution >= 4 is 0 Å². The van der Waals surface area contributed by atoms with E-state index in [1.54, 1.807) is 5.57 Å². The van der Waals surface area contributed by atoms with Gasteiger partial charge in [-0.3, -0.25) is 4.90 Å². The highest BCUT2D eigenvalue weighted by atomic mass is 16.5. The molecule has 1 saturated carbocycles. The van der Waals surface area contributed by atoms with Gasteiger partial charge in [-0.1, -0.05) is 50.0 Å². The third-order valence-corrected chi connectivity index (χ3v) is 6.93. The normalized spacial score (nSPS) is 32.0. The molecule has 5 atom stereocenters. The summed E-state index contributed by atoms with van der Waals surface area (Å²) in [4.78, 5) is 2.52. The molecule has 0 aromatic rings. The molecule has 0 aromatic heterocycles. The summed E-state index contributed by atoms with van der Waals surface area (Å²) in [5.41, 5.74) is 1.60. The molecular formula is C24H41NO3. The van der Waals surface area contributed by atoms with Gasteiger partial charge in [-0.25, -0.2) is 0 Å². The molecule has 4 nitrogen and oxygen atoms in total. The molecule has 160 valence electrons. The molecule has 0 bridgehead atoms. The zero-order valence-electron chi connectivity index (χ0n) is 17.8. The Hall–Kier alpha value is -0.680. The summed E-state index contributed by atoms with van der Waals surface area (Å²) in [5.74, 6) is 1.30. The number of fused-ring (bicyclic) bond motifs is 1. The number of morpholine rings is 1. The lowest BCUT2D eigenvalue weighted by molar-refractivity contribution is 0.0372. The smallest absolute Gasteiger partial charge is 0.0721 e. The summed E-state index contributed by atoms with van der Waals surface area (Å²) >= 11 is 0. The molecule has 1 heterocycles. The first-order valence-corrected chi connectivity index (χ1v) is 11.7.